The molecular formula is C35H56F2N12O4. The number of piperazine rings is 1. The molecule has 1 aromatic rings. The van der Waals surface area contributed by atoms with E-state index in [9.17, 15) is 23.2 Å². The highest BCUT2D eigenvalue weighted by Crippen LogP contribution is 2.22. The number of aromatic nitrogens is 2. The van der Waals surface area contributed by atoms with Gasteiger partial charge in [-0.25, -0.2) is 23.7 Å². The number of nitrogens with zero attached hydrogens (tertiary/aromatic N) is 10. The molecule has 3 amide bonds. The summed E-state index contributed by atoms with van der Waals surface area (Å²) in [6.07, 6.45) is 5.42. The summed E-state index contributed by atoms with van der Waals surface area (Å²) in [7, 11) is 3.54. The van der Waals surface area contributed by atoms with Crippen LogP contribution in [0.5, 0.6) is 0 Å². The SMILES string of the molecule is C=N/C(=N\CN1CCN(C(=O)CN(C)C(=O)C2CCN(C(=O)/C=C/CN3CCCC3)CC2)CC1)c1cnc(N)nc1C(F)F.C=NCCOCCNC. The molecule has 0 unspecified atom stereocenters. The van der Waals surface area contributed by atoms with Gasteiger partial charge in [-0.2, -0.15) is 0 Å². The van der Waals surface area contributed by atoms with Gasteiger partial charge >= 0.3 is 0 Å². The number of hydrogen-bond donors (Lipinski definition) is 2. The van der Waals surface area contributed by atoms with Crippen LogP contribution in [0.2, 0.25) is 0 Å². The summed E-state index contributed by atoms with van der Waals surface area (Å²) in [6, 6.07) is 0. The zero-order chi connectivity index (χ0) is 38.6. The second-order valence-corrected chi connectivity index (χ2v) is 13.0. The van der Waals surface area contributed by atoms with Crippen molar-refractivity contribution in [3.63, 3.8) is 0 Å². The highest BCUT2D eigenvalue weighted by Gasteiger charge is 2.30. The van der Waals surface area contributed by atoms with Gasteiger partial charge in [-0.3, -0.25) is 34.2 Å². The zero-order valence-electron chi connectivity index (χ0n) is 31.2. The van der Waals surface area contributed by atoms with Crippen LogP contribution in [0.15, 0.2) is 33.3 Å². The number of amides is 3. The molecule has 294 valence electrons. The molecule has 0 spiro atoms. The molecule has 3 fully saturated rings. The van der Waals surface area contributed by atoms with E-state index in [0.29, 0.717) is 65.3 Å². The van der Waals surface area contributed by atoms with E-state index < -0.39 is 12.1 Å². The Labute approximate surface area is 311 Å². The first-order valence-corrected chi connectivity index (χ1v) is 18.1. The number of ether oxygens (including phenoxy) is 1. The number of alkyl halides is 2. The number of nitrogens with one attached hydrogen (secondary N) is 1. The number of likely N-dealkylation sites (N-methyl/N-ethyl adjacent to an activating group) is 2. The largest absolute Gasteiger partial charge is 0.378 e. The molecule has 0 radical (unpaired) electrons. The molecule has 3 aliphatic heterocycles. The van der Waals surface area contributed by atoms with Crippen molar-refractivity contribution in [1.29, 1.82) is 0 Å². The fourth-order valence-corrected chi connectivity index (χ4v) is 6.09. The normalized spacial score (nSPS) is 17.6. The summed E-state index contributed by atoms with van der Waals surface area (Å²) in [4.78, 5) is 67.0. The molecule has 3 aliphatic rings. The van der Waals surface area contributed by atoms with Gasteiger partial charge in [-0.05, 0) is 59.3 Å². The Bertz CT molecular complexity index is 1390. The number of nitrogen functional groups attached to an aromatic ring is 1. The van der Waals surface area contributed by atoms with Crippen LogP contribution in [0, 0.1) is 5.92 Å². The third-order valence-corrected chi connectivity index (χ3v) is 9.20. The molecule has 0 atom stereocenters. The molecule has 1 aromatic heterocycles. The molecule has 0 bridgehead atoms. The van der Waals surface area contributed by atoms with E-state index in [1.165, 1.54) is 17.7 Å². The first-order chi connectivity index (χ1) is 25.6. The number of carbonyl (C=O) groups is 3. The lowest BCUT2D eigenvalue weighted by Crippen LogP contribution is -2.52. The molecule has 0 aliphatic carbocycles. The number of carbonyl (C=O) groups excluding carboxylic acids is 3. The van der Waals surface area contributed by atoms with E-state index in [0.717, 1.165) is 39.0 Å². The van der Waals surface area contributed by atoms with Gasteiger partial charge in [-0.1, -0.05) is 6.08 Å². The second-order valence-electron chi connectivity index (χ2n) is 13.0. The van der Waals surface area contributed by atoms with Gasteiger partial charge in [0, 0.05) is 77.6 Å². The van der Waals surface area contributed by atoms with Crippen molar-refractivity contribution in [2.45, 2.75) is 32.1 Å². The van der Waals surface area contributed by atoms with Crippen molar-refractivity contribution in [1.82, 2.24) is 39.8 Å². The zero-order valence-corrected chi connectivity index (χ0v) is 31.2. The van der Waals surface area contributed by atoms with E-state index in [4.69, 9.17) is 10.5 Å². The molecule has 4 rings (SSSR count). The van der Waals surface area contributed by atoms with Gasteiger partial charge in [0.1, 0.15) is 5.69 Å². The monoisotopic (exact) mass is 746 g/mol. The summed E-state index contributed by atoms with van der Waals surface area (Å²) in [5.41, 5.74) is 4.85. The van der Waals surface area contributed by atoms with Crippen molar-refractivity contribution in [3.8, 4) is 0 Å². The predicted octanol–water partition coefficient (Wildman–Crippen LogP) is 0.817. The minimum Gasteiger partial charge on any atom is -0.378 e. The molecule has 3 saturated heterocycles. The maximum absolute atomic E-state index is 13.4. The van der Waals surface area contributed by atoms with Gasteiger partial charge in [0.2, 0.25) is 23.7 Å². The maximum atomic E-state index is 13.4. The number of anilines is 1. The maximum Gasteiger partial charge on any atom is 0.281 e. The first kappa shape index (κ1) is 43.1. The Hall–Kier alpha value is -4.26. The number of amidine groups is 1. The summed E-state index contributed by atoms with van der Waals surface area (Å²) < 4.78 is 32.0. The molecule has 4 heterocycles. The number of piperidine rings is 1. The number of nitrogens with two attached hydrogens (primary N) is 1. The topological polar surface area (TPSA) is 178 Å². The Morgan fingerprint density at radius 1 is 1.06 bits per heavy atom. The predicted molar refractivity (Wildman–Crippen MR) is 201 cm³/mol. The smallest absolute Gasteiger partial charge is 0.281 e. The number of hydrogen-bond acceptors (Lipinski definition) is 12. The Balaban J connectivity index is 0.000000743. The lowest BCUT2D eigenvalue weighted by molar-refractivity contribution is -0.144. The van der Waals surface area contributed by atoms with Gasteiger partial charge in [0.05, 0.1) is 38.5 Å². The lowest BCUT2D eigenvalue weighted by Gasteiger charge is -2.36. The van der Waals surface area contributed by atoms with E-state index in [1.807, 2.05) is 18.0 Å². The fraction of sp³-hybridized carbons (Fsp3) is 0.657. The summed E-state index contributed by atoms with van der Waals surface area (Å²) in [5, 5.41) is 2.97. The highest BCUT2D eigenvalue weighted by molar-refractivity contribution is 6.02. The lowest BCUT2D eigenvalue weighted by atomic mass is 9.95. The van der Waals surface area contributed by atoms with Crippen LogP contribution in [0.3, 0.4) is 0 Å². The number of rotatable bonds is 16. The van der Waals surface area contributed by atoms with Gasteiger partial charge in [0.15, 0.2) is 5.84 Å². The molecule has 18 heteroatoms. The molecular weight excluding hydrogens is 690 g/mol. The van der Waals surface area contributed by atoms with Crippen LogP contribution in [0.1, 0.15) is 43.4 Å². The van der Waals surface area contributed by atoms with Crippen molar-refractivity contribution in [2.24, 2.45) is 20.9 Å². The van der Waals surface area contributed by atoms with E-state index in [2.05, 4.69) is 48.6 Å². The first-order valence-electron chi connectivity index (χ1n) is 18.1. The van der Waals surface area contributed by atoms with Crippen LogP contribution in [0.25, 0.3) is 0 Å². The average molecular weight is 747 g/mol. The summed E-state index contributed by atoms with van der Waals surface area (Å²) in [5.74, 6) is -0.740. The number of halogens is 2. The number of likely N-dealkylation sites (tertiary alicyclic amines) is 2. The second kappa shape index (κ2) is 23.4. The summed E-state index contributed by atoms with van der Waals surface area (Å²) in [6.45, 7) is 15.8. The van der Waals surface area contributed by atoms with Crippen molar-refractivity contribution in [2.75, 3.05) is 118 Å². The molecule has 0 saturated carbocycles. The average Bonchev–Trinajstić information content (AvgIpc) is 3.69. The standard InChI is InChI=1S/C29H42F2N10O3.C6H14N2O/c1-33-27(22-18-34-29(32)36-25(22)26(30)31)35-20-39-14-16-41(17-15-39)24(43)19-37(2)28(44)21-7-12-40(13-8-21)23(42)6-5-11-38-9-3-4-10-38;1-7-3-5-9-6-4-8-2/h5-6,18,21,26H,1,3-4,7-17,19-20H2,2H3,(H2,32,34,36);8H,1,3-6H2,2H3/b6-5+,35-27-;. The van der Waals surface area contributed by atoms with Crippen LogP contribution in [0.4, 0.5) is 14.7 Å². The van der Waals surface area contributed by atoms with Crippen molar-refractivity contribution < 1.29 is 27.9 Å². The van der Waals surface area contributed by atoms with Crippen LogP contribution < -0.4 is 11.1 Å². The molecule has 16 nitrogen and oxygen atoms in total. The Kier molecular flexibility index (Phi) is 19.1. The van der Waals surface area contributed by atoms with Crippen LogP contribution >= 0.6 is 0 Å². The molecule has 3 N–H and O–H groups in total. The van der Waals surface area contributed by atoms with Crippen LogP contribution in [-0.2, 0) is 19.1 Å². The van der Waals surface area contributed by atoms with Crippen molar-refractivity contribution >= 4 is 42.9 Å². The highest BCUT2D eigenvalue weighted by atomic mass is 19.3. The quantitative estimate of drug-likeness (QED) is 0.107. The minimum absolute atomic E-state index is 0.0110. The fourth-order valence-electron chi connectivity index (χ4n) is 6.09. The van der Waals surface area contributed by atoms with Crippen molar-refractivity contribution in [3.05, 3.63) is 29.6 Å². The van der Waals surface area contributed by atoms with Gasteiger partial charge in [-0.15, -0.1) is 0 Å². The Morgan fingerprint density at radius 2 is 1.75 bits per heavy atom. The third-order valence-electron chi connectivity index (χ3n) is 9.20. The third kappa shape index (κ3) is 14.6. The molecule has 0 aromatic carbocycles. The number of aliphatic imine (C=N–C) groups is 3. The molecule has 53 heavy (non-hydrogen) atoms. The van der Waals surface area contributed by atoms with Crippen LogP contribution in [-0.4, -0.2) is 184 Å². The Morgan fingerprint density at radius 3 is 2.38 bits per heavy atom. The van der Waals surface area contributed by atoms with E-state index in [1.54, 1.807) is 22.9 Å². The van der Waals surface area contributed by atoms with Gasteiger partial charge in [0.25, 0.3) is 6.43 Å². The van der Waals surface area contributed by atoms with Gasteiger partial charge < -0.3 is 30.5 Å². The summed E-state index contributed by atoms with van der Waals surface area (Å²) >= 11 is 0. The van der Waals surface area contributed by atoms with E-state index in [-0.39, 0.29) is 54.2 Å². The van der Waals surface area contributed by atoms with E-state index >= 15 is 0 Å². The minimum atomic E-state index is -2.88.